The first-order chi connectivity index (χ1) is 7.29. The molecular weight excluding hydrogens is 186 g/mol. The number of hydrogen-bond donors (Lipinski definition) is 1. The molecular formula is C12H19N3. The summed E-state index contributed by atoms with van der Waals surface area (Å²) in [7, 11) is 0. The molecule has 3 nitrogen and oxygen atoms in total. The average molecular weight is 205 g/mol. The molecule has 3 heteroatoms. The largest absolute Gasteiger partial charge is 0.350 e. The van der Waals surface area contributed by atoms with Gasteiger partial charge in [-0.2, -0.15) is 0 Å². The van der Waals surface area contributed by atoms with Gasteiger partial charge in [0.25, 0.3) is 0 Å². The maximum atomic E-state index is 4.35. The van der Waals surface area contributed by atoms with Gasteiger partial charge in [-0.25, -0.2) is 4.98 Å². The van der Waals surface area contributed by atoms with Crippen LogP contribution < -0.4 is 5.32 Å². The van der Waals surface area contributed by atoms with E-state index < -0.39 is 0 Å². The molecule has 82 valence electrons. The lowest BCUT2D eigenvalue weighted by molar-refractivity contribution is 0.267. The molecule has 0 saturated heterocycles. The SMILES string of the molecule is C=CCn1ccnc1NC1(CC)CCC1. The van der Waals surface area contributed by atoms with Gasteiger partial charge in [0.2, 0.25) is 5.95 Å². The molecule has 0 aromatic carbocycles. The quantitative estimate of drug-likeness (QED) is 0.749. The van der Waals surface area contributed by atoms with Crippen LogP contribution in [-0.4, -0.2) is 15.1 Å². The minimum Gasteiger partial charge on any atom is -0.350 e. The fraction of sp³-hybridized carbons (Fsp3) is 0.583. The summed E-state index contributed by atoms with van der Waals surface area (Å²) in [6.07, 6.45) is 10.8. The Morgan fingerprint density at radius 1 is 1.67 bits per heavy atom. The predicted octanol–water partition coefficient (Wildman–Crippen LogP) is 2.81. The molecule has 0 amide bonds. The fourth-order valence-electron chi connectivity index (χ4n) is 2.13. The van der Waals surface area contributed by atoms with Crippen molar-refractivity contribution in [3.05, 3.63) is 25.0 Å². The monoisotopic (exact) mass is 205 g/mol. The maximum absolute atomic E-state index is 4.35. The van der Waals surface area contributed by atoms with Crippen molar-refractivity contribution >= 4 is 5.95 Å². The minimum absolute atomic E-state index is 0.310. The topological polar surface area (TPSA) is 29.9 Å². The van der Waals surface area contributed by atoms with E-state index in [1.807, 2.05) is 18.5 Å². The predicted molar refractivity (Wildman–Crippen MR) is 62.9 cm³/mol. The van der Waals surface area contributed by atoms with Crippen LogP contribution in [0.4, 0.5) is 5.95 Å². The van der Waals surface area contributed by atoms with Gasteiger partial charge in [0, 0.05) is 24.5 Å². The molecule has 15 heavy (non-hydrogen) atoms. The highest BCUT2D eigenvalue weighted by Crippen LogP contribution is 2.37. The van der Waals surface area contributed by atoms with Crippen LogP contribution in [0.5, 0.6) is 0 Å². The van der Waals surface area contributed by atoms with Gasteiger partial charge in [-0.15, -0.1) is 6.58 Å². The van der Waals surface area contributed by atoms with Crippen LogP contribution >= 0.6 is 0 Å². The van der Waals surface area contributed by atoms with Crippen molar-refractivity contribution in [3.8, 4) is 0 Å². The van der Waals surface area contributed by atoms with E-state index in [2.05, 4.69) is 28.4 Å². The smallest absolute Gasteiger partial charge is 0.203 e. The van der Waals surface area contributed by atoms with Crippen molar-refractivity contribution in [1.82, 2.24) is 9.55 Å². The maximum Gasteiger partial charge on any atom is 0.203 e. The zero-order valence-corrected chi connectivity index (χ0v) is 9.37. The number of anilines is 1. The number of imidazole rings is 1. The van der Waals surface area contributed by atoms with Gasteiger partial charge in [0.05, 0.1) is 0 Å². The van der Waals surface area contributed by atoms with Crippen molar-refractivity contribution in [3.63, 3.8) is 0 Å². The Labute approximate surface area is 91.2 Å². The van der Waals surface area contributed by atoms with E-state index >= 15 is 0 Å². The Morgan fingerprint density at radius 3 is 3.00 bits per heavy atom. The first-order valence-corrected chi connectivity index (χ1v) is 5.70. The van der Waals surface area contributed by atoms with Crippen LogP contribution in [0.15, 0.2) is 25.0 Å². The zero-order chi connectivity index (χ0) is 10.7. The molecule has 1 N–H and O–H groups in total. The third-order valence-electron chi connectivity index (χ3n) is 3.41. The van der Waals surface area contributed by atoms with E-state index in [1.165, 1.54) is 25.7 Å². The van der Waals surface area contributed by atoms with Crippen molar-refractivity contribution in [2.75, 3.05) is 5.32 Å². The van der Waals surface area contributed by atoms with E-state index in [0.29, 0.717) is 5.54 Å². The summed E-state index contributed by atoms with van der Waals surface area (Å²) in [6, 6.07) is 0. The molecule has 1 heterocycles. The normalized spacial score (nSPS) is 18.2. The molecule has 0 radical (unpaired) electrons. The zero-order valence-electron chi connectivity index (χ0n) is 9.37. The Hall–Kier alpha value is -1.25. The molecule has 1 fully saturated rings. The van der Waals surface area contributed by atoms with Crippen LogP contribution in [0, 0.1) is 0 Å². The summed E-state index contributed by atoms with van der Waals surface area (Å²) in [5.41, 5.74) is 0.310. The summed E-state index contributed by atoms with van der Waals surface area (Å²) in [5, 5.41) is 3.58. The van der Waals surface area contributed by atoms with Gasteiger partial charge in [-0.1, -0.05) is 13.0 Å². The molecule has 1 aromatic heterocycles. The highest BCUT2D eigenvalue weighted by molar-refractivity contribution is 5.32. The Bertz CT molecular complexity index is 331. The van der Waals surface area contributed by atoms with Crippen molar-refractivity contribution in [2.45, 2.75) is 44.7 Å². The molecule has 0 atom stereocenters. The molecule has 1 aliphatic rings. The van der Waals surface area contributed by atoms with Crippen LogP contribution in [0.25, 0.3) is 0 Å². The molecule has 0 unspecified atom stereocenters. The van der Waals surface area contributed by atoms with Gasteiger partial charge < -0.3 is 9.88 Å². The summed E-state index contributed by atoms with van der Waals surface area (Å²) >= 11 is 0. The third-order valence-corrected chi connectivity index (χ3v) is 3.41. The summed E-state index contributed by atoms with van der Waals surface area (Å²) in [5.74, 6) is 0.983. The van der Waals surface area contributed by atoms with E-state index in [1.54, 1.807) is 0 Å². The number of aromatic nitrogens is 2. The van der Waals surface area contributed by atoms with E-state index in [4.69, 9.17) is 0 Å². The molecule has 2 rings (SSSR count). The Kier molecular flexibility index (Phi) is 2.80. The summed E-state index contributed by atoms with van der Waals surface area (Å²) < 4.78 is 2.10. The highest BCUT2D eigenvalue weighted by Gasteiger charge is 2.35. The molecule has 1 aliphatic carbocycles. The number of rotatable bonds is 5. The second-order valence-electron chi connectivity index (χ2n) is 4.30. The Balaban J connectivity index is 2.09. The average Bonchev–Trinajstić information content (AvgIpc) is 2.60. The number of hydrogen-bond acceptors (Lipinski definition) is 2. The summed E-state index contributed by atoms with van der Waals surface area (Å²) in [6.45, 7) is 6.82. The number of nitrogens with one attached hydrogen (secondary N) is 1. The lowest BCUT2D eigenvalue weighted by Crippen LogP contribution is -2.45. The number of nitrogens with zero attached hydrogens (tertiary/aromatic N) is 2. The third kappa shape index (κ3) is 1.91. The van der Waals surface area contributed by atoms with Crippen molar-refractivity contribution in [1.29, 1.82) is 0 Å². The van der Waals surface area contributed by atoms with Gasteiger partial charge in [-0.3, -0.25) is 0 Å². The molecule has 1 saturated carbocycles. The minimum atomic E-state index is 0.310. The van der Waals surface area contributed by atoms with E-state index in [-0.39, 0.29) is 0 Å². The standard InChI is InChI=1S/C12H19N3/c1-3-9-15-10-8-13-11(15)14-12(4-2)6-5-7-12/h3,8,10H,1,4-7,9H2,2H3,(H,13,14). The molecule has 0 spiro atoms. The van der Waals surface area contributed by atoms with Crippen molar-refractivity contribution in [2.24, 2.45) is 0 Å². The number of allylic oxidation sites excluding steroid dienone is 1. The highest BCUT2D eigenvalue weighted by atomic mass is 15.2. The van der Waals surface area contributed by atoms with E-state index in [0.717, 1.165) is 12.5 Å². The van der Waals surface area contributed by atoms with Gasteiger partial charge >= 0.3 is 0 Å². The van der Waals surface area contributed by atoms with Gasteiger partial charge in [0.1, 0.15) is 0 Å². The van der Waals surface area contributed by atoms with Gasteiger partial charge in [0.15, 0.2) is 0 Å². The van der Waals surface area contributed by atoms with Crippen LogP contribution in [0.2, 0.25) is 0 Å². The Morgan fingerprint density at radius 2 is 2.47 bits per heavy atom. The molecule has 0 aliphatic heterocycles. The summed E-state index contributed by atoms with van der Waals surface area (Å²) in [4.78, 5) is 4.35. The van der Waals surface area contributed by atoms with Crippen LogP contribution in [0.3, 0.4) is 0 Å². The van der Waals surface area contributed by atoms with Gasteiger partial charge in [-0.05, 0) is 25.7 Å². The fourth-order valence-corrected chi connectivity index (χ4v) is 2.13. The second kappa shape index (κ2) is 4.09. The first-order valence-electron chi connectivity index (χ1n) is 5.70. The van der Waals surface area contributed by atoms with Crippen LogP contribution in [0.1, 0.15) is 32.6 Å². The molecule has 0 bridgehead atoms. The van der Waals surface area contributed by atoms with Crippen molar-refractivity contribution < 1.29 is 0 Å². The lowest BCUT2D eigenvalue weighted by Gasteiger charge is -2.42. The van der Waals surface area contributed by atoms with E-state index in [9.17, 15) is 0 Å². The first kappa shape index (κ1) is 10.3. The second-order valence-corrected chi connectivity index (χ2v) is 4.30. The van der Waals surface area contributed by atoms with Crippen LogP contribution in [-0.2, 0) is 6.54 Å². The lowest BCUT2D eigenvalue weighted by atomic mass is 9.75. The molecule has 1 aromatic rings.